The molecule has 5 heteroatoms. The minimum Gasteiger partial charge on any atom is -0.341 e. The highest BCUT2D eigenvalue weighted by Crippen LogP contribution is 2.13. The van der Waals surface area contributed by atoms with Crippen LogP contribution in [0.1, 0.15) is 31.4 Å². The van der Waals surface area contributed by atoms with Crippen molar-refractivity contribution in [2.45, 2.75) is 34.1 Å². The summed E-state index contributed by atoms with van der Waals surface area (Å²) in [4.78, 5) is 22.8. The molecule has 2 rings (SSSR count). The van der Waals surface area contributed by atoms with E-state index in [0.29, 0.717) is 11.6 Å². The molecule has 102 valence electrons. The van der Waals surface area contributed by atoms with E-state index in [0.717, 1.165) is 30.6 Å². The van der Waals surface area contributed by atoms with E-state index in [1.54, 1.807) is 6.20 Å². The van der Waals surface area contributed by atoms with Gasteiger partial charge in [0.25, 0.3) is 0 Å². The van der Waals surface area contributed by atoms with Crippen molar-refractivity contribution < 1.29 is 0 Å². The first kappa shape index (κ1) is 13.5. The SMILES string of the molecule is CCCN(CC)c1nc(=O)n2ccc(C)c(C)c2n1. The molecule has 2 aromatic heterocycles. The summed E-state index contributed by atoms with van der Waals surface area (Å²) >= 11 is 0. The van der Waals surface area contributed by atoms with Crippen LogP contribution >= 0.6 is 0 Å². The smallest absolute Gasteiger partial charge is 0.341 e. The van der Waals surface area contributed by atoms with Crippen LogP contribution in [0.4, 0.5) is 5.95 Å². The fourth-order valence-corrected chi connectivity index (χ4v) is 2.10. The summed E-state index contributed by atoms with van der Waals surface area (Å²) in [5.41, 5.74) is 2.58. The number of hydrogen-bond donors (Lipinski definition) is 0. The molecule has 0 fully saturated rings. The molecule has 0 saturated carbocycles. The summed E-state index contributed by atoms with van der Waals surface area (Å²) in [6, 6.07) is 1.91. The first-order chi connectivity index (χ1) is 9.08. The van der Waals surface area contributed by atoms with Crippen molar-refractivity contribution in [3.63, 3.8) is 0 Å². The Morgan fingerprint density at radius 3 is 2.63 bits per heavy atom. The largest absolute Gasteiger partial charge is 0.356 e. The van der Waals surface area contributed by atoms with E-state index < -0.39 is 0 Å². The minimum absolute atomic E-state index is 0.266. The van der Waals surface area contributed by atoms with Crippen molar-refractivity contribution in [3.05, 3.63) is 33.9 Å². The fourth-order valence-electron chi connectivity index (χ4n) is 2.10. The lowest BCUT2D eigenvalue weighted by molar-refractivity contribution is 0.750. The van der Waals surface area contributed by atoms with Crippen molar-refractivity contribution in [2.24, 2.45) is 0 Å². The van der Waals surface area contributed by atoms with Crippen molar-refractivity contribution in [1.82, 2.24) is 14.4 Å². The number of aryl methyl sites for hydroxylation is 2. The molecule has 0 aromatic carbocycles. The molecule has 0 bridgehead atoms. The van der Waals surface area contributed by atoms with Gasteiger partial charge in [-0.05, 0) is 44.4 Å². The van der Waals surface area contributed by atoms with Gasteiger partial charge in [0, 0.05) is 19.3 Å². The zero-order chi connectivity index (χ0) is 14.0. The summed E-state index contributed by atoms with van der Waals surface area (Å²) in [6.07, 6.45) is 2.74. The molecule has 19 heavy (non-hydrogen) atoms. The number of fused-ring (bicyclic) bond motifs is 1. The summed E-state index contributed by atoms with van der Waals surface area (Å²) in [6.45, 7) is 9.81. The van der Waals surface area contributed by atoms with Crippen LogP contribution in [-0.4, -0.2) is 27.5 Å². The highest BCUT2D eigenvalue weighted by Gasteiger charge is 2.11. The highest BCUT2D eigenvalue weighted by molar-refractivity contribution is 5.52. The Morgan fingerprint density at radius 2 is 2.00 bits per heavy atom. The van der Waals surface area contributed by atoms with Crippen molar-refractivity contribution in [2.75, 3.05) is 18.0 Å². The fraction of sp³-hybridized carbons (Fsp3) is 0.500. The lowest BCUT2D eigenvalue weighted by Gasteiger charge is -2.20. The summed E-state index contributed by atoms with van der Waals surface area (Å²) in [5.74, 6) is 0.531. The third-order valence-corrected chi connectivity index (χ3v) is 3.39. The molecule has 0 N–H and O–H groups in total. The van der Waals surface area contributed by atoms with Gasteiger partial charge in [0.1, 0.15) is 5.65 Å². The van der Waals surface area contributed by atoms with E-state index in [1.165, 1.54) is 4.40 Å². The van der Waals surface area contributed by atoms with Gasteiger partial charge in [-0.3, -0.25) is 4.40 Å². The van der Waals surface area contributed by atoms with Crippen molar-refractivity contribution >= 4 is 11.6 Å². The second-order valence-corrected chi connectivity index (χ2v) is 4.70. The molecule has 2 aromatic rings. The van der Waals surface area contributed by atoms with Gasteiger partial charge in [-0.25, -0.2) is 4.79 Å². The van der Waals surface area contributed by atoms with E-state index in [4.69, 9.17) is 0 Å². The molecule has 2 heterocycles. The van der Waals surface area contributed by atoms with Gasteiger partial charge in [-0.2, -0.15) is 9.97 Å². The Hall–Kier alpha value is -1.91. The zero-order valence-electron chi connectivity index (χ0n) is 12.0. The summed E-state index contributed by atoms with van der Waals surface area (Å²) < 4.78 is 1.51. The molecule has 0 saturated heterocycles. The van der Waals surface area contributed by atoms with Crippen LogP contribution in [0.5, 0.6) is 0 Å². The molecule has 5 nitrogen and oxygen atoms in total. The Labute approximate surface area is 112 Å². The van der Waals surface area contributed by atoms with E-state index in [-0.39, 0.29) is 5.69 Å². The van der Waals surface area contributed by atoms with Crippen LogP contribution in [0.25, 0.3) is 5.65 Å². The number of hydrogen-bond acceptors (Lipinski definition) is 4. The number of pyridine rings is 1. The molecule has 0 spiro atoms. The summed E-state index contributed by atoms with van der Waals surface area (Å²) in [5, 5.41) is 0. The Bertz CT molecular complexity index is 648. The second-order valence-electron chi connectivity index (χ2n) is 4.70. The predicted molar refractivity (Wildman–Crippen MR) is 76.9 cm³/mol. The van der Waals surface area contributed by atoms with Crippen LogP contribution in [0.2, 0.25) is 0 Å². The van der Waals surface area contributed by atoms with Gasteiger partial charge in [-0.15, -0.1) is 0 Å². The van der Waals surface area contributed by atoms with E-state index in [2.05, 4.69) is 16.9 Å². The van der Waals surface area contributed by atoms with Crippen molar-refractivity contribution in [3.8, 4) is 0 Å². The molecule has 0 aliphatic heterocycles. The molecule has 0 amide bonds. The monoisotopic (exact) mass is 260 g/mol. The average molecular weight is 260 g/mol. The number of anilines is 1. The molecule has 0 aliphatic rings. The second kappa shape index (κ2) is 5.38. The van der Waals surface area contributed by atoms with Gasteiger partial charge < -0.3 is 4.90 Å². The van der Waals surface area contributed by atoms with Gasteiger partial charge in [0.2, 0.25) is 5.95 Å². The number of nitrogens with zero attached hydrogens (tertiary/aromatic N) is 4. The molecular weight excluding hydrogens is 240 g/mol. The molecular formula is C14H20N4O. The first-order valence-electron chi connectivity index (χ1n) is 6.70. The highest BCUT2D eigenvalue weighted by atomic mass is 16.1. The topological polar surface area (TPSA) is 50.5 Å². The van der Waals surface area contributed by atoms with Crippen LogP contribution in [0.15, 0.2) is 17.1 Å². The van der Waals surface area contributed by atoms with Crippen LogP contribution < -0.4 is 10.6 Å². The molecule has 0 radical (unpaired) electrons. The Balaban J connectivity index is 2.66. The lowest BCUT2D eigenvalue weighted by Crippen LogP contribution is -2.30. The zero-order valence-corrected chi connectivity index (χ0v) is 12.0. The van der Waals surface area contributed by atoms with E-state index >= 15 is 0 Å². The van der Waals surface area contributed by atoms with Gasteiger partial charge in [0.05, 0.1) is 0 Å². The normalized spacial score (nSPS) is 10.9. The van der Waals surface area contributed by atoms with E-state index in [1.807, 2.05) is 31.7 Å². The standard InChI is InChI=1S/C14H20N4O/c1-5-8-17(6-2)13-15-12-11(4)10(3)7-9-18(12)14(19)16-13/h7,9H,5-6,8H2,1-4H3. The molecule has 0 unspecified atom stereocenters. The summed E-state index contributed by atoms with van der Waals surface area (Å²) in [7, 11) is 0. The average Bonchev–Trinajstić information content (AvgIpc) is 2.40. The van der Waals surface area contributed by atoms with Crippen LogP contribution in [0, 0.1) is 13.8 Å². The maximum absolute atomic E-state index is 12.1. The van der Waals surface area contributed by atoms with Gasteiger partial charge in [0.15, 0.2) is 0 Å². The van der Waals surface area contributed by atoms with Gasteiger partial charge in [-0.1, -0.05) is 6.92 Å². The quantitative estimate of drug-likeness (QED) is 0.843. The number of rotatable bonds is 4. The van der Waals surface area contributed by atoms with E-state index in [9.17, 15) is 4.79 Å². The minimum atomic E-state index is -0.266. The number of aromatic nitrogens is 3. The first-order valence-corrected chi connectivity index (χ1v) is 6.70. The Morgan fingerprint density at radius 1 is 1.26 bits per heavy atom. The third kappa shape index (κ3) is 2.45. The van der Waals surface area contributed by atoms with Crippen LogP contribution in [-0.2, 0) is 0 Å². The third-order valence-electron chi connectivity index (χ3n) is 3.39. The van der Waals surface area contributed by atoms with Gasteiger partial charge >= 0.3 is 5.69 Å². The maximum Gasteiger partial charge on any atom is 0.356 e. The molecule has 0 atom stereocenters. The van der Waals surface area contributed by atoms with Crippen molar-refractivity contribution in [1.29, 1.82) is 0 Å². The molecule has 0 aliphatic carbocycles. The lowest BCUT2D eigenvalue weighted by atomic mass is 10.2. The van der Waals surface area contributed by atoms with Crippen LogP contribution in [0.3, 0.4) is 0 Å². The Kier molecular flexibility index (Phi) is 3.83. The maximum atomic E-state index is 12.1. The predicted octanol–water partition coefficient (Wildman–Crippen LogP) is 1.94.